The first-order chi connectivity index (χ1) is 8.48. The van der Waals surface area contributed by atoms with Crippen LogP contribution in [0.1, 0.15) is 17.2 Å². The van der Waals surface area contributed by atoms with Gasteiger partial charge in [0.15, 0.2) is 9.84 Å². The number of benzene rings is 1. The van der Waals surface area contributed by atoms with Crippen molar-refractivity contribution >= 4 is 9.84 Å². The van der Waals surface area contributed by atoms with Gasteiger partial charge in [0.25, 0.3) is 0 Å². The summed E-state index contributed by atoms with van der Waals surface area (Å²) in [6, 6.07) is 6.94. The lowest BCUT2D eigenvalue weighted by molar-refractivity contribution is 0.199. The molecule has 1 rings (SSSR count). The molecule has 18 heavy (non-hydrogen) atoms. The molecule has 0 saturated heterocycles. The van der Waals surface area contributed by atoms with E-state index in [4.69, 9.17) is 10.5 Å². The first-order valence-corrected chi connectivity index (χ1v) is 7.47. The zero-order chi connectivity index (χ0) is 13.6. The molecular weight excluding hydrogens is 254 g/mol. The van der Waals surface area contributed by atoms with Gasteiger partial charge in [-0.2, -0.15) is 0 Å². The Hall–Kier alpha value is -0.950. The third-order valence-electron chi connectivity index (χ3n) is 2.61. The Morgan fingerprint density at radius 1 is 1.33 bits per heavy atom. The highest BCUT2D eigenvalue weighted by Gasteiger charge is 2.18. The van der Waals surface area contributed by atoms with E-state index in [0.29, 0.717) is 12.1 Å². The van der Waals surface area contributed by atoms with Crippen LogP contribution < -0.4 is 5.73 Å². The van der Waals surface area contributed by atoms with E-state index in [1.807, 2.05) is 0 Å². The van der Waals surface area contributed by atoms with E-state index in [1.165, 1.54) is 7.11 Å². The number of sulfone groups is 1. The van der Waals surface area contributed by atoms with Gasteiger partial charge in [-0.15, -0.1) is 0 Å². The predicted octanol–water partition coefficient (Wildman–Crippen LogP) is 0.240. The topological polar surface area (TPSA) is 89.6 Å². The Bertz CT molecular complexity index is 455. The van der Waals surface area contributed by atoms with E-state index in [-0.39, 0.29) is 18.1 Å². The fraction of sp³-hybridized carbons (Fsp3) is 0.500. The van der Waals surface area contributed by atoms with Crippen LogP contribution in [0.25, 0.3) is 0 Å². The van der Waals surface area contributed by atoms with Crippen molar-refractivity contribution in [3.63, 3.8) is 0 Å². The van der Waals surface area contributed by atoms with Crippen LogP contribution in [0, 0.1) is 0 Å². The van der Waals surface area contributed by atoms with Gasteiger partial charge in [0, 0.05) is 13.7 Å². The average Bonchev–Trinajstić information content (AvgIpc) is 2.36. The van der Waals surface area contributed by atoms with Gasteiger partial charge >= 0.3 is 0 Å². The second-order valence-electron chi connectivity index (χ2n) is 4.07. The summed E-state index contributed by atoms with van der Waals surface area (Å²) in [4.78, 5) is 0. The molecule has 0 saturated carbocycles. The van der Waals surface area contributed by atoms with Crippen molar-refractivity contribution in [3.05, 3.63) is 35.4 Å². The lowest BCUT2D eigenvalue weighted by Gasteiger charge is -2.12. The van der Waals surface area contributed by atoms with Gasteiger partial charge in [-0.3, -0.25) is 0 Å². The summed E-state index contributed by atoms with van der Waals surface area (Å²) in [6.45, 7) is 0.559. The first kappa shape index (κ1) is 15.1. The Labute approximate surface area is 107 Å². The minimum Gasteiger partial charge on any atom is -0.387 e. The lowest BCUT2D eigenvalue weighted by atomic mass is 10.1. The average molecular weight is 273 g/mol. The molecule has 102 valence electrons. The molecule has 0 radical (unpaired) electrons. The molecular formula is C12H19NO4S. The predicted molar refractivity (Wildman–Crippen MR) is 69.8 cm³/mol. The maximum Gasteiger partial charge on any atom is 0.155 e. The Morgan fingerprint density at radius 2 is 1.94 bits per heavy atom. The van der Waals surface area contributed by atoms with Gasteiger partial charge in [0.2, 0.25) is 0 Å². The van der Waals surface area contributed by atoms with Crippen molar-refractivity contribution in [3.8, 4) is 0 Å². The van der Waals surface area contributed by atoms with Crippen LogP contribution in [0.5, 0.6) is 0 Å². The Morgan fingerprint density at radius 3 is 2.44 bits per heavy atom. The van der Waals surface area contributed by atoms with Gasteiger partial charge in [0.1, 0.15) is 0 Å². The maximum atomic E-state index is 11.6. The normalized spacial score (nSPS) is 13.5. The van der Waals surface area contributed by atoms with Crippen molar-refractivity contribution in [1.29, 1.82) is 0 Å². The summed E-state index contributed by atoms with van der Waals surface area (Å²) >= 11 is 0. The summed E-state index contributed by atoms with van der Waals surface area (Å²) in [7, 11) is -1.86. The molecule has 1 aromatic carbocycles. The van der Waals surface area contributed by atoms with Crippen LogP contribution in [0.4, 0.5) is 0 Å². The third kappa shape index (κ3) is 4.73. The van der Waals surface area contributed by atoms with Crippen molar-refractivity contribution in [2.45, 2.75) is 12.6 Å². The summed E-state index contributed by atoms with van der Waals surface area (Å²) in [5.41, 5.74) is 6.98. The highest BCUT2D eigenvalue weighted by molar-refractivity contribution is 7.91. The van der Waals surface area contributed by atoms with Crippen LogP contribution in [0.2, 0.25) is 0 Å². The van der Waals surface area contributed by atoms with Crippen LogP contribution in [-0.4, -0.2) is 38.7 Å². The summed E-state index contributed by atoms with van der Waals surface area (Å²) in [6.07, 6.45) is -1.02. The number of rotatable bonds is 7. The summed E-state index contributed by atoms with van der Waals surface area (Å²) in [5, 5.41) is 9.87. The molecule has 6 heteroatoms. The maximum absolute atomic E-state index is 11.6. The van der Waals surface area contributed by atoms with E-state index in [9.17, 15) is 13.5 Å². The van der Waals surface area contributed by atoms with Crippen molar-refractivity contribution in [2.24, 2.45) is 5.73 Å². The van der Waals surface area contributed by atoms with Gasteiger partial charge in [-0.25, -0.2) is 8.42 Å². The van der Waals surface area contributed by atoms with E-state index in [1.54, 1.807) is 24.3 Å². The van der Waals surface area contributed by atoms with E-state index < -0.39 is 15.9 Å². The summed E-state index contributed by atoms with van der Waals surface area (Å²) in [5.74, 6) is -0.375. The number of hydrogen-bond donors (Lipinski definition) is 2. The van der Waals surface area contributed by atoms with Crippen LogP contribution in [0.3, 0.4) is 0 Å². The zero-order valence-electron chi connectivity index (χ0n) is 10.4. The third-order valence-corrected chi connectivity index (χ3v) is 4.22. The number of aliphatic hydroxyl groups excluding tert-OH is 1. The minimum atomic E-state index is -3.31. The number of ether oxygens (including phenoxy) is 1. The van der Waals surface area contributed by atoms with E-state index >= 15 is 0 Å². The fourth-order valence-corrected chi connectivity index (χ4v) is 2.77. The first-order valence-electron chi connectivity index (χ1n) is 5.65. The van der Waals surface area contributed by atoms with Crippen LogP contribution in [-0.2, 0) is 21.1 Å². The highest BCUT2D eigenvalue weighted by atomic mass is 32.2. The summed E-state index contributed by atoms with van der Waals surface area (Å²) < 4.78 is 28.0. The monoisotopic (exact) mass is 273 g/mol. The Kier molecular flexibility index (Phi) is 5.74. The van der Waals surface area contributed by atoms with Crippen LogP contribution >= 0.6 is 0 Å². The van der Waals surface area contributed by atoms with Crippen LogP contribution in [0.15, 0.2) is 24.3 Å². The molecule has 5 nitrogen and oxygen atoms in total. The van der Waals surface area contributed by atoms with Gasteiger partial charge in [-0.1, -0.05) is 24.3 Å². The number of aliphatic hydroxyl groups is 1. The number of nitrogens with two attached hydrogens (primary N) is 1. The molecule has 0 aromatic heterocycles. The molecule has 0 aliphatic rings. The number of methoxy groups -OCH3 is 1. The molecule has 0 aliphatic heterocycles. The SMILES string of the molecule is COCCS(=O)(=O)CC(O)c1ccc(CN)cc1. The molecule has 1 aromatic rings. The van der Waals surface area contributed by atoms with Gasteiger partial charge < -0.3 is 15.6 Å². The second kappa shape index (κ2) is 6.84. The molecule has 0 bridgehead atoms. The second-order valence-corrected chi connectivity index (χ2v) is 6.30. The van der Waals surface area contributed by atoms with Crippen molar-refractivity contribution in [2.75, 3.05) is 25.2 Å². The fourth-order valence-electron chi connectivity index (χ4n) is 1.51. The smallest absolute Gasteiger partial charge is 0.155 e. The number of hydrogen-bond acceptors (Lipinski definition) is 5. The minimum absolute atomic E-state index is 0.0819. The van der Waals surface area contributed by atoms with Crippen molar-refractivity contribution < 1.29 is 18.3 Å². The molecule has 0 amide bonds. The quantitative estimate of drug-likeness (QED) is 0.743. The standard InChI is InChI=1S/C12H19NO4S/c1-17-6-7-18(15,16)9-12(14)11-4-2-10(8-13)3-5-11/h2-5,12,14H,6-9,13H2,1H3. The molecule has 3 N–H and O–H groups in total. The zero-order valence-corrected chi connectivity index (χ0v) is 11.2. The molecule has 0 heterocycles. The molecule has 0 fully saturated rings. The van der Waals surface area contributed by atoms with Gasteiger partial charge in [-0.05, 0) is 11.1 Å². The molecule has 0 aliphatic carbocycles. The van der Waals surface area contributed by atoms with E-state index in [2.05, 4.69) is 0 Å². The molecule has 0 spiro atoms. The Balaban J connectivity index is 2.66. The highest BCUT2D eigenvalue weighted by Crippen LogP contribution is 2.16. The lowest BCUT2D eigenvalue weighted by Crippen LogP contribution is -2.20. The molecule has 1 atom stereocenters. The van der Waals surface area contributed by atoms with Gasteiger partial charge in [0.05, 0.1) is 24.2 Å². The largest absolute Gasteiger partial charge is 0.387 e. The molecule has 1 unspecified atom stereocenters. The van der Waals surface area contributed by atoms with Crippen molar-refractivity contribution in [1.82, 2.24) is 0 Å². The van der Waals surface area contributed by atoms with E-state index in [0.717, 1.165) is 5.56 Å².